The van der Waals surface area contributed by atoms with Gasteiger partial charge < -0.3 is 15.5 Å². The summed E-state index contributed by atoms with van der Waals surface area (Å²) < 4.78 is 0. The van der Waals surface area contributed by atoms with Crippen LogP contribution in [-0.2, 0) is 4.79 Å². The normalized spacial score (nSPS) is 15.4. The van der Waals surface area contributed by atoms with Gasteiger partial charge in [0.15, 0.2) is 11.5 Å². The van der Waals surface area contributed by atoms with Crippen LogP contribution in [0, 0.1) is 0 Å². The van der Waals surface area contributed by atoms with Gasteiger partial charge in [-0.1, -0.05) is 24.3 Å². The highest BCUT2D eigenvalue weighted by Gasteiger charge is 2.23. The fourth-order valence-electron chi connectivity index (χ4n) is 2.08. The summed E-state index contributed by atoms with van der Waals surface area (Å²) in [5.74, 6) is -0.562. The second-order valence-electron chi connectivity index (χ2n) is 4.31. The van der Waals surface area contributed by atoms with Gasteiger partial charge in [0, 0.05) is 16.8 Å². The van der Waals surface area contributed by atoms with Gasteiger partial charge in [-0.05, 0) is 29.8 Å². The van der Waals surface area contributed by atoms with Crippen LogP contribution in [0.5, 0.6) is 11.5 Å². The molecule has 4 heteroatoms. The largest absolute Gasteiger partial charge is 0.504 e. The van der Waals surface area contributed by atoms with Crippen molar-refractivity contribution < 1.29 is 15.0 Å². The minimum absolute atomic E-state index is 0.172. The van der Waals surface area contributed by atoms with Crippen LogP contribution in [0.25, 0.3) is 11.6 Å². The number of para-hydroxylation sites is 1. The predicted octanol–water partition coefficient (Wildman–Crippen LogP) is 2.59. The third kappa shape index (κ3) is 1.93. The van der Waals surface area contributed by atoms with E-state index in [0.717, 1.165) is 11.3 Å². The third-order valence-electron chi connectivity index (χ3n) is 3.02. The Morgan fingerprint density at radius 2 is 1.79 bits per heavy atom. The van der Waals surface area contributed by atoms with Crippen molar-refractivity contribution in [3.8, 4) is 11.5 Å². The summed E-state index contributed by atoms with van der Waals surface area (Å²) in [6.07, 6.45) is 1.68. The Bertz CT molecular complexity index is 704. The van der Waals surface area contributed by atoms with Crippen LogP contribution >= 0.6 is 0 Å². The molecule has 19 heavy (non-hydrogen) atoms. The standard InChI is InChI=1S/C15H11NO3/c17-13-6-5-9(8-14(13)18)7-11-10-3-1-2-4-12(10)16-15(11)19/h1-8,17-18H,(H,16,19). The molecule has 94 valence electrons. The van der Waals surface area contributed by atoms with E-state index in [1.54, 1.807) is 12.1 Å². The molecule has 3 N–H and O–H groups in total. The van der Waals surface area contributed by atoms with Crippen LogP contribution in [0.15, 0.2) is 42.5 Å². The van der Waals surface area contributed by atoms with Gasteiger partial charge in [-0.2, -0.15) is 0 Å². The molecule has 0 saturated heterocycles. The van der Waals surface area contributed by atoms with Crippen LogP contribution in [0.1, 0.15) is 11.1 Å². The predicted molar refractivity (Wildman–Crippen MR) is 72.7 cm³/mol. The molecule has 1 aliphatic heterocycles. The average molecular weight is 253 g/mol. The molecule has 1 amide bonds. The number of phenolic OH excluding ortho intramolecular Hbond substituents is 2. The average Bonchev–Trinajstić information content (AvgIpc) is 2.71. The lowest BCUT2D eigenvalue weighted by Gasteiger charge is -2.01. The molecule has 4 nitrogen and oxygen atoms in total. The van der Waals surface area contributed by atoms with E-state index in [1.807, 2.05) is 24.3 Å². The number of carbonyl (C=O) groups is 1. The van der Waals surface area contributed by atoms with E-state index in [-0.39, 0.29) is 17.4 Å². The lowest BCUT2D eigenvalue weighted by Crippen LogP contribution is -2.03. The van der Waals surface area contributed by atoms with Gasteiger partial charge in [-0.15, -0.1) is 0 Å². The number of anilines is 1. The molecule has 0 fully saturated rings. The molecule has 1 aliphatic rings. The van der Waals surface area contributed by atoms with E-state index in [1.165, 1.54) is 12.1 Å². The quantitative estimate of drug-likeness (QED) is 0.540. The molecular formula is C15H11NO3. The molecule has 0 atom stereocenters. The number of carbonyl (C=O) groups excluding carboxylic acids is 1. The Balaban J connectivity index is 2.08. The van der Waals surface area contributed by atoms with Crippen LogP contribution in [0.3, 0.4) is 0 Å². The van der Waals surface area contributed by atoms with E-state index in [4.69, 9.17) is 0 Å². The molecule has 0 aliphatic carbocycles. The van der Waals surface area contributed by atoms with E-state index in [9.17, 15) is 15.0 Å². The van der Waals surface area contributed by atoms with Gasteiger partial charge in [-0.25, -0.2) is 0 Å². The highest BCUT2D eigenvalue weighted by atomic mass is 16.3. The zero-order valence-corrected chi connectivity index (χ0v) is 9.92. The van der Waals surface area contributed by atoms with Crippen molar-refractivity contribution in [1.82, 2.24) is 0 Å². The summed E-state index contributed by atoms with van der Waals surface area (Å²) in [5.41, 5.74) is 2.81. The molecule has 2 aromatic rings. The monoisotopic (exact) mass is 253 g/mol. The van der Waals surface area contributed by atoms with Crippen LogP contribution in [-0.4, -0.2) is 16.1 Å². The number of rotatable bonds is 1. The minimum Gasteiger partial charge on any atom is -0.504 e. The Morgan fingerprint density at radius 3 is 2.58 bits per heavy atom. The third-order valence-corrected chi connectivity index (χ3v) is 3.02. The van der Waals surface area contributed by atoms with E-state index < -0.39 is 0 Å². The second kappa shape index (κ2) is 4.17. The van der Waals surface area contributed by atoms with Gasteiger partial charge in [0.2, 0.25) is 0 Å². The summed E-state index contributed by atoms with van der Waals surface area (Å²) in [4.78, 5) is 11.9. The van der Waals surface area contributed by atoms with Crippen LogP contribution in [0.2, 0.25) is 0 Å². The van der Waals surface area contributed by atoms with Crippen molar-refractivity contribution in [2.45, 2.75) is 0 Å². The molecule has 0 unspecified atom stereocenters. The van der Waals surface area contributed by atoms with Crippen molar-refractivity contribution >= 4 is 23.2 Å². The molecule has 2 aromatic carbocycles. The molecule has 3 rings (SSSR count). The van der Waals surface area contributed by atoms with E-state index in [0.29, 0.717) is 11.1 Å². The first kappa shape index (κ1) is 11.3. The van der Waals surface area contributed by atoms with Gasteiger partial charge in [-0.3, -0.25) is 4.79 Å². The summed E-state index contributed by atoms with van der Waals surface area (Å²) in [5, 5.41) is 21.5. The van der Waals surface area contributed by atoms with Crippen molar-refractivity contribution in [3.05, 3.63) is 53.6 Å². The van der Waals surface area contributed by atoms with Gasteiger partial charge in [0.1, 0.15) is 0 Å². The Labute approximate surface area is 109 Å². The Morgan fingerprint density at radius 1 is 1.00 bits per heavy atom. The summed E-state index contributed by atoms with van der Waals surface area (Å²) in [6, 6.07) is 11.9. The lowest BCUT2D eigenvalue weighted by atomic mass is 10.0. The Hall–Kier alpha value is -2.75. The van der Waals surface area contributed by atoms with Crippen molar-refractivity contribution in [1.29, 1.82) is 0 Å². The minimum atomic E-state index is -0.207. The molecule has 0 saturated carbocycles. The maximum atomic E-state index is 11.9. The first-order valence-electron chi connectivity index (χ1n) is 5.79. The molecule has 0 aromatic heterocycles. The van der Waals surface area contributed by atoms with E-state index in [2.05, 4.69) is 5.32 Å². The summed E-state index contributed by atoms with van der Waals surface area (Å²) in [6.45, 7) is 0. The first-order valence-corrected chi connectivity index (χ1v) is 5.79. The number of fused-ring (bicyclic) bond motifs is 1. The van der Waals surface area contributed by atoms with Gasteiger partial charge in [0.25, 0.3) is 5.91 Å². The van der Waals surface area contributed by atoms with Crippen LogP contribution < -0.4 is 5.32 Å². The number of benzene rings is 2. The van der Waals surface area contributed by atoms with E-state index >= 15 is 0 Å². The number of amides is 1. The summed E-state index contributed by atoms with van der Waals surface area (Å²) >= 11 is 0. The highest BCUT2D eigenvalue weighted by Crippen LogP contribution is 2.34. The number of phenols is 2. The molecule has 1 heterocycles. The Kier molecular flexibility index (Phi) is 2.49. The maximum Gasteiger partial charge on any atom is 0.256 e. The fourth-order valence-corrected chi connectivity index (χ4v) is 2.08. The highest BCUT2D eigenvalue weighted by molar-refractivity contribution is 6.34. The second-order valence-corrected chi connectivity index (χ2v) is 4.31. The molecule has 0 radical (unpaired) electrons. The zero-order valence-electron chi connectivity index (χ0n) is 9.92. The van der Waals surface area contributed by atoms with Crippen molar-refractivity contribution in [3.63, 3.8) is 0 Å². The van der Waals surface area contributed by atoms with Gasteiger partial charge in [0.05, 0.1) is 0 Å². The molecule has 0 spiro atoms. The lowest BCUT2D eigenvalue weighted by molar-refractivity contribution is -0.110. The summed E-state index contributed by atoms with van der Waals surface area (Å²) in [7, 11) is 0. The SMILES string of the molecule is O=C1Nc2ccccc2C1=Cc1ccc(O)c(O)c1. The number of nitrogens with one attached hydrogen (secondary N) is 1. The smallest absolute Gasteiger partial charge is 0.256 e. The molecular weight excluding hydrogens is 242 g/mol. The zero-order chi connectivity index (χ0) is 13.4. The number of aromatic hydroxyl groups is 2. The van der Waals surface area contributed by atoms with Crippen molar-refractivity contribution in [2.24, 2.45) is 0 Å². The fraction of sp³-hybridized carbons (Fsp3) is 0. The number of hydrogen-bond donors (Lipinski definition) is 3. The first-order chi connectivity index (χ1) is 9.15. The topological polar surface area (TPSA) is 69.6 Å². The maximum absolute atomic E-state index is 11.9. The van der Waals surface area contributed by atoms with Gasteiger partial charge >= 0.3 is 0 Å². The number of hydrogen-bond acceptors (Lipinski definition) is 3. The van der Waals surface area contributed by atoms with Crippen LogP contribution in [0.4, 0.5) is 5.69 Å². The van der Waals surface area contributed by atoms with Crippen molar-refractivity contribution in [2.75, 3.05) is 5.32 Å². The molecule has 0 bridgehead atoms.